The first-order chi connectivity index (χ1) is 14.9. The maximum Gasteiger partial charge on any atom is 0.386 e. The number of nitrogens with one attached hydrogen (secondary N) is 1. The monoisotopic (exact) mass is 449 g/mol. The predicted octanol–water partition coefficient (Wildman–Crippen LogP) is 4.76. The van der Waals surface area contributed by atoms with Crippen LogP contribution in [0, 0.1) is 0 Å². The maximum absolute atomic E-state index is 12.9. The lowest BCUT2D eigenvalue weighted by Gasteiger charge is -2.13. The van der Waals surface area contributed by atoms with Crippen LogP contribution in [0.15, 0.2) is 61.0 Å². The van der Waals surface area contributed by atoms with Gasteiger partial charge in [0.2, 0.25) is 0 Å². The number of halogens is 3. The van der Waals surface area contributed by atoms with Gasteiger partial charge in [-0.2, -0.15) is 13.9 Å². The fourth-order valence-electron chi connectivity index (χ4n) is 2.75. The number of hydrogen-bond acceptors (Lipinski definition) is 5. The van der Waals surface area contributed by atoms with Gasteiger partial charge in [0.25, 0.3) is 5.91 Å². The number of amides is 1. The third-order valence-corrected chi connectivity index (χ3v) is 4.44. The highest BCUT2D eigenvalue weighted by Gasteiger charge is 2.17. The fraction of sp³-hybridized carbons (Fsp3) is 0.143. The number of carbonyl (C=O) groups is 1. The van der Waals surface area contributed by atoms with Gasteiger partial charge in [0.05, 0.1) is 31.7 Å². The zero-order chi connectivity index (χ0) is 22.4. The SMILES string of the molecule is COc1ccc(-n2nccc2NC(=O)C(=COC(F)F)c2ccc(Cl)cc2)cc1OC. The molecule has 0 spiro atoms. The molecule has 1 heterocycles. The minimum Gasteiger partial charge on any atom is -0.493 e. The van der Waals surface area contributed by atoms with Crippen molar-refractivity contribution in [2.75, 3.05) is 19.5 Å². The Labute approximate surface area is 181 Å². The summed E-state index contributed by atoms with van der Waals surface area (Å²) >= 11 is 5.87. The molecule has 0 atom stereocenters. The molecule has 7 nitrogen and oxygen atoms in total. The zero-order valence-corrected chi connectivity index (χ0v) is 17.3. The lowest BCUT2D eigenvalue weighted by molar-refractivity contribution is -0.111. The summed E-state index contributed by atoms with van der Waals surface area (Å²) in [6, 6.07) is 12.8. The molecule has 0 unspecified atom stereocenters. The van der Waals surface area contributed by atoms with Crippen LogP contribution in [0.5, 0.6) is 11.5 Å². The number of benzene rings is 2. The smallest absolute Gasteiger partial charge is 0.386 e. The van der Waals surface area contributed by atoms with Crippen LogP contribution in [0.1, 0.15) is 5.56 Å². The van der Waals surface area contributed by atoms with Gasteiger partial charge in [0, 0.05) is 17.2 Å². The summed E-state index contributed by atoms with van der Waals surface area (Å²) in [4.78, 5) is 12.9. The molecule has 0 bridgehead atoms. The van der Waals surface area contributed by atoms with E-state index in [4.69, 9.17) is 21.1 Å². The molecule has 0 aliphatic heterocycles. The number of alkyl halides is 2. The van der Waals surface area contributed by atoms with Crippen LogP contribution in [0.2, 0.25) is 5.02 Å². The van der Waals surface area contributed by atoms with E-state index >= 15 is 0 Å². The van der Waals surface area contributed by atoms with Crippen molar-refractivity contribution in [3.63, 3.8) is 0 Å². The number of ether oxygens (including phenoxy) is 3. The molecule has 162 valence electrons. The number of anilines is 1. The molecular weight excluding hydrogens is 432 g/mol. The van der Waals surface area contributed by atoms with Gasteiger partial charge in [-0.25, -0.2) is 4.68 Å². The van der Waals surface area contributed by atoms with Gasteiger partial charge in [0.1, 0.15) is 12.1 Å². The normalized spacial score (nSPS) is 11.4. The maximum atomic E-state index is 12.9. The molecule has 3 aromatic rings. The Morgan fingerprint density at radius 2 is 1.81 bits per heavy atom. The second kappa shape index (κ2) is 9.94. The topological polar surface area (TPSA) is 74.6 Å². The predicted molar refractivity (Wildman–Crippen MR) is 112 cm³/mol. The number of rotatable bonds is 8. The lowest BCUT2D eigenvalue weighted by Crippen LogP contribution is -2.17. The van der Waals surface area contributed by atoms with E-state index in [2.05, 4.69) is 15.2 Å². The van der Waals surface area contributed by atoms with Crippen LogP contribution in [-0.4, -0.2) is 36.5 Å². The zero-order valence-electron chi connectivity index (χ0n) is 16.5. The molecule has 31 heavy (non-hydrogen) atoms. The van der Waals surface area contributed by atoms with Gasteiger partial charge in [0.15, 0.2) is 11.5 Å². The van der Waals surface area contributed by atoms with E-state index in [1.54, 1.807) is 24.3 Å². The molecule has 0 saturated carbocycles. The fourth-order valence-corrected chi connectivity index (χ4v) is 2.87. The average Bonchev–Trinajstić information content (AvgIpc) is 3.22. The van der Waals surface area contributed by atoms with Crippen molar-refractivity contribution in [2.45, 2.75) is 6.61 Å². The third-order valence-electron chi connectivity index (χ3n) is 4.18. The summed E-state index contributed by atoms with van der Waals surface area (Å²) in [6.45, 7) is -3.08. The number of nitrogens with zero attached hydrogens (tertiary/aromatic N) is 2. The highest BCUT2D eigenvalue weighted by molar-refractivity contribution is 6.31. The van der Waals surface area contributed by atoms with Gasteiger partial charge in [-0.05, 0) is 29.8 Å². The summed E-state index contributed by atoms with van der Waals surface area (Å²) < 4.78 is 41.4. The van der Waals surface area contributed by atoms with Crippen molar-refractivity contribution in [1.82, 2.24) is 9.78 Å². The molecule has 0 aliphatic carbocycles. The first-order valence-corrected chi connectivity index (χ1v) is 9.28. The summed E-state index contributed by atoms with van der Waals surface area (Å²) in [5.41, 5.74) is 0.815. The minimum atomic E-state index is -3.08. The van der Waals surface area contributed by atoms with Crippen LogP contribution >= 0.6 is 11.6 Å². The summed E-state index contributed by atoms with van der Waals surface area (Å²) in [5.74, 6) is 0.625. The van der Waals surface area contributed by atoms with E-state index in [1.165, 1.54) is 49.4 Å². The molecule has 1 amide bonds. The molecular formula is C21H18ClF2N3O4. The number of hydrogen-bond donors (Lipinski definition) is 1. The van der Waals surface area contributed by atoms with Crippen LogP contribution in [0.25, 0.3) is 11.3 Å². The number of methoxy groups -OCH3 is 2. The van der Waals surface area contributed by atoms with Gasteiger partial charge in [-0.3, -0.25) is 4.79 Å². The van der Waals surface area contributed by atoms with Crippen LogP contribution in [0.4, 0.5) is 14.6 Å². The summed E-state index contributed by atoms with van der Waals surface area (Å²) in [5, 5.41) is 7.30. The van der Waals surface area contributed by atoms with Crippen molar-refractivity contribution in [2.24, 2.45) is 0 Å². The molecule has 1 aromatic heterocycles. The van der Waals surface area contributed by atoms with E-state index in [0.29, 0.717) is 39.9 Å². The Balaban J connectivity index is 1.91. The van der Waals surface area contributed by atoms with E-state index in [0.717, 1.165) is 0 Å². The van der Waals surface area contributed by atoms with E-state index < -0.39 is 12.5 Å². The Kier molecular flexibility index (Phi) is 7.09. The van der Waals surface area contributed by atoms with Crippen molar-refractivity contribution in [3.05, 3.63) is 71.6 Å². The Bertz CT molecular complexity index is 1080. The van der Waals surface area contributed by atoms with Crippen LogP contribution < -0.4 is 14.8 Å². The molecule has 10 heteroatoms. The van der Waals surface area contributed by atoms with E-state index in [1.807, 2.05) is 0 Å². The molecule has 1 N–H and O–H groups in total. The van der Waals surface area contributed by atoms with Crippen molar-refractivity contribution >= 4 is 28.9 Å². The minimum absolute atomic E-state index is 0.114. The third kappa shape index (κ3) is 5.32. The van der Waals surface area contributed by atoms with Crippen LogP contribution in [0.3, 0.4) is 0 Å². The van der Waals surface area contributed by atoms with Crippen molar-refractivity contribution in [3.8, 4) is 17.2 Å². The lowest BCUT2D eigenvalue weighted by atomic mass is 10.1. The highest BCUT2D eigenvalue weighted by atomic mass is 35.5. The first kappa shape index (κ1) is 22.1. The van der Waals surface area contributed by atoms with Crippen molar-refractivity contribution in [1.29, 1.82) is 0 Å². The standard InChI is InChI=1S/C21H18ClF2N3O4/c1-29-17-8-7-15(11-18(17)30-2)27-19(9-10-25-27)26-20(28)16(12-31-21(23)24)13-3-5-14(22)6-4-13/h3-12,21H,1-2H3,(H,26,28). The van der Waals surface area contributed by atoms with E-state index in [9.17, 15) is 13.6 Å². The summed E-state index contributed by atoms with van der Waals surface area (Å²) in [7, 11) is 3.02. The molecule has 3 rings (SSSR count). The van der Waals surface area contributed by atoms with Gasteiger partial charge < -0.3 is 19.5 Å². The van der Waals surface area contributed by atoms with Gasteiger partial charge in [-0.15, -0.1) is 0 Å². The Morgan fingerprint density at radius 1 is 1.10 bits per heavy atom. The second-order valence-corrected chi connectivity index (χ2v) is 6.49. The molecule has 2 aromatic carbocycles. The second-order valence-electron chi connectivity index (χ2n) is 6.06. The average molecular weight is 450 g/mol. The van der Waals surface area contributed by atoms with Crippen molar-refractivity contribution < 1.29 is 27.8 Å². The molecule has 0 saturated heterocycles. The van der Waals surface area contributed by atoms with Crippen LogP contribution in [-0.2, 0) is 9.53 Å². The molecule has 0 aliphatic rings. The molecule has 0 radical (unpaired) electrons. The van der Waals surface area contributed by atoms with Gasteiger partial charge in [-0.1, -0.05) is 23.7 Å². The van der Waals surface area contributed by atoms with E-state index in [-0.39, 0.29) is 5.57 Å². The summed E-state index contributed by atoms with van der Waals surface area (Å²) in [6.07, 6.45) is 2.19. The number of carbonyl (C=O) groups excluding carboxylic acids is 1. The molecule has 0 fully saturated rings. The largest absolute Gasteiger partial charge is 0.493 e. The van der Waals surface area contributed by atoms with Gasteiger partial charge >= 0.3 is 6.61 Å². The Hall–Kier alpha value is -3.59. The quantitative estimate of drug-likeness (QED) is 0.396. The number of aromatic nitrogens is 2. The Morgan fingerprint density at radius 3 is 2.45 bits per heavy atom. The highest BCUT2D eigenvalue weighted by Crippen LogP contribution is 2.30. The first-order valence-electron chi connectivity index (χ1n) is 8.90.